The van der Waals surface area contributed by atoms with Crippen molar-refractivity contribution in [3.63, 3.8) is 0 Å². The number of carbonyl (C=O) groups is 1. The first-order valence-electron chi connectivity index (χ1n) is 20.3. The molecule has 0 aromatic heterocycles. The molecule has 0 saturated carbocycles. The molecule has 0 saturated heterocycles. The highest BCUT2D eigenvalue weighted by Gasteiger charge is 2.15. The summed E-state index contributed by atoms with van der Waals surface area (Å²) in [6, 6.07) is 0. The molecule has 0 aliphatic rings. The van der Waals surface area contributed by atoms with E-state index in [1.165, 1.54) is 179 Å². The first-order chi connectivity index (χ1) is 22.8. The van der Waals surface area contributed by atoms with Crippen molar-refractivity contribution in [2.75, 3.05) is 0 Å². The van der Waals surface area contributed by atoms with Gasteiger partial charge >= 0.3 is 0 Å². The van der Waals surface area contributed by atoms with Crippen molar-refractivity contribution in [1.29, 1.82) is 0 Å². The molecule has 0 aromatic carbocycles. The van der Waals surface area contributed by atoms with Crippen LogP contribution in [0.15, 0.2) is 48.6 Å². The lowest BCUT2D eigenvalue weighted by atomic mass is 9.97. The van der Waals surface area contributed by atoms with Gasteiger partial charge in [-0.1, -0.05) is 236 Å². The van der Waals surface area contributed by atoms with Crippen LogP contribution in [-0.4, -0.2) is 12.1 Å². The highest BCUT2D eigenvalue weighted by molar-refractivity contribution is 6.00. The lowest BCUT2D eigenvalue weighted by Crippen LogP contribution is -2.13. The molecule has 0 rings (SSSR count). The average molecular weight is 638 g/mol. The zero-order chi connectivity index (χ0) is 33.4. The number of hydrogen-bond donors (Lipinski definition) is 0. The summed E-state index contributed by atoms with van der Waals surface area (Å²) in [6.07, 6.45) is 58.5. The molecule has 0 bridgehead atoms. The van der Waals surface area contributed by atoms with Gasteiger partial charge in [0.2, 0.25) is 6.29 Å². The SMILES string of the molecule is CCCCCCCCCCCCCC=CC=CC=CC=CC(=O)C([C]=O)CCCCCCCCCCCCCCCCCCCC. The lowest BCUT2D eigenvalue weighted by Gasteiger charge is -2.06. The maximum absolute atomic E-state index is 12.4. The van der Waals surface area contributed by atoms with Crippen molar-refractivity contribution in [3.8, 4) is 0 Å². The number of ketones is 1. The smallest absolute Gasteiger partial charge is 0.209 e. The molecule has 1 unspecified atom stereocenters. The van der Waals surface area contributed by atoms with Gasteiger partial charge in [0.15, 0.2) is 5.78 Å². The molecule has 0 spiro atoms. The summed E-state index contributed by atoms with van der Waals surface area (Å²) in [4.78, 5) is 23.7. The van der Waals surface area contributed by atoms with Gasteiger partial charge in [0, 0.05) is 0 Å². The van der Waals surface area contributed by atoms with Crippen molar-refractivity contribution in [3.05, 3.63) is 48.6 Å². The topological polar surface area (TPSA) is 34.1 Å². The van der Waals surface area contributed by atoms with Crippen LogP contribution in [0.1, 0.15) is 213 Å². The fourth-order valence-corrected chi connectivity index (χ4v) is 6.13. The Balaban J connectivity index is 3.62. The van der Waals surface area contributed by atoms with E-state index in [0.717, 1.165) is 19.3 Å². The molecular weight excluding hydrogens is 560 g/mol. The molecule has 0 fully saturated rings. The standard InChI is InChI=1S/C44H77O2/c1-3-5-7-9-11-13-15-17-19-21-23-25-27-29-31-33-35-37-39-41-44(46)43(42-45)40-38-36-34-32-30-28-26-24-22-20-18-16-14-12-10-8-6-4-2/h27,29,31,33,35,37,39,41,43H,3-26,28,30,32,34,36,38,40H2,1-2H3. The van der Waals surface area contributed by atoms with Crippen molar-refractivity contribution < 1.29 is 9.59 Å². The van der Waals surface area contributed by atoms with Crippen LogP contribution in [0, 0.1) is 5.92 Å². The summed E-state index contributed by atoms with van der Waals surface area (Å²) < 4.78 is 0. The van der Waals surface area contributed by atoms with Crippen LogP contribution in [-0.2, 0) is 9.59 Å². The number of carbonyl (C=O) groups excluding carboxylic acids is 2. The third-order valence-electron chi connectivity index (χ3n) is 9.26. The predicted molar refractivity (Wildman–Crippen MR) is 205 cm³/mol. The van der Waals surface area contributed by atoms with E-state index in [2.05, 4.69) is 26.0 Å². The Bertz CT molecular complexity index is 743. The highest BCUT2D eigenvalue weighted by Crippen LogP contribution is 2.16. The van der Waals surface area contributed by atoms with E-state index in [0.29, 0.717) is 6.42 Å². The van der Waals surface area contributed by atoms with Crippen molar-refractivity contribution in [2.45, 2.75) is 213 Å². The fraction of sp³-hybridized carbons (Fsp3) is 0.773. The van der Waals surface area contributed by atoms with Crippen molar-refractivity contribution in [1.82, 2.24) is 0 Å². The fourth-order valence-electron chi connectivity index (χ4n) is 6.13. The predicted octanol–water partition coefficient (Wildman–Crippen LogP) is 14.6. The quantitative estimate of drug-likeness (QED) is 0.0294. The van der Waals surface area contributed by atoms with E-state index < -0.39 is 5.92 Å². The second-order valence-corrected chi connectivity index (χ2v) is 13.8. The average Bonchev–Trinajstić information content (AvgIpc) is 3.06. The molecule has 1 atom stereocenters. The maximum atomic E-state index is 12.4. The van der Waals surface area contributed by atoms with E-state index in [1.54, 1.807) is 6.08 Å². The Kier molecular flexibility index (Phi) is 38.0. The van der Waals surface area contributed by atoms with Gasteiger partial charge in [-0.25, -0.2) is 0 Å². The van der Waals surface area contributed by atoms with Gasteiger partial charge in [0.05, 0.1) is 5.92 Å². The number of rotatable bonds is 37. The second-order valence-electron chi connectivity index (χ2n) is 13.8. The first-order valence-corrected chi connectivity index (χ1v) is 20.3. The van der Waals surface area contributed by atoms with Gasteiger partial charge in [-0.2, -0.15) is 0 Å². The molecule has 0 aliphatic heterocycles. The summed E-state index contributed by atoms with van der Waals surface area (Å²) in [7, 11) is 0. The lowest BCUT2D eigenvalue weighted by molar-refractivity contribution is -0.116. The Labute approximate surface area is 288 Å². The van der Waals surface area contributed by atoms with Crippen LogP contribution in [0.3, 0.4) is 0 Å². The second kappa shape index (κ2) is 39.5. The summed E-state index contributed by atoms with van der Waals surface area (Å²) in [5.74, 6) is -0.734. The largest absolute Gasteiger partial charge is 0.294 e. The van der Waals surface area contributed by atoms with Gasteiger partial charge in [-0.3, -0.25) is 9.59 Å². The van der Waals surface area contributed by atoms with Gasteiger partial charge in [-0.15, -0.1) is 0 Å². The third kappa shape index (κ3) is 35.2. The Morgan fingerprint density at radius 2 is 0.761 bits per heavy atom. The Hall–Kier alpha value is -1.70. The van der Waals surface area contributed by atoms with Crippen LogP contribution >= 0.6 is 0 Å². The van der Waals surface area contributed by atoms with Crippen LogP contribution in [0.5, 0.6) is 0 Å². The van der Waals surface area contributed by atoms with E-state index >= 15 is 0 Å². The minimum absolute atomic E-state index is 0.123. The normalized spacial score (nSPS) is 12.8. The molecule has 1 radical (unpaired) electrons. The van der Waals surface area contributed by atoms with Crippen LogP contribution < -0.4 is 0 Å². The zero-order valence-electron chi connectivity index (χ0n) is 30.9. The van der Waals surface area contributed by atoms with Crippen LogP contribution in [0.2, 0.25) is 0 Å². The molecule has 0 N–H and O–H groups in total. The van der Waals surface area contributed by atoms with Crippen molar-refractivity contribution >= 4 is 12.1 Å². The molecule has 2 nitrogen and oxygen atoms in total. The van der Waals surface area contributed by atoms with Crippen LogP contribution in [0.25, 0.3) is 0 Å². The van der Waals surface area contributed by atoms with Gasteiger partial charge in [0.25, 0.3) is 0 Å². The van der Waals surface area contributed by atoms with Crippen molar-refractivity contribution in [2.24, 2.45) is 5.92 Å². The van der Waals surface area contributed by atoms with E-state index in [9.17, 15) is 9.59 Å². The molecule has 265 valence electrons. The van der Waals surface area contributed by atoms with E-state index in [4.69, 9.17) is 0 Å². The molecule has 0 amide bonds. The summed E-state index contributed by atoms with van der Waals surface area (Å²) in [6.45, 7) is 4.56. The molecule has 0 heterocycles. The number of hydrogen-bond acceptors (Lipinski definition) is 2. The van der Waals surface area contributed by atoms with Gasteiger partial charge in [0.1, 0.15) is 0 Å². The molecule has 0 aromatic rings. The summed E-state index contributed by atoms with van der Waals surface area (Å²) in [5.41, 5.74) is 0. The molecule has 2 heteroatoms. The molecule has 0 aliphatic carbocycles. The number of unbranched alkanes of at least 4 members (excludes halogenated alkanes) is 28. The summed E-state index contributed by atoms with van der Waals surface area (Å²) in [5, 5.41) is 0. The zero-order valence-corrected chi connectivity index (χ0v) is 30.9. The third-order valence-corrected chi connectivity index (χ3v) is 9.26. The van der Waals surface area contributed by atoms with E-state index in [-0.39, 0.29) is 5.78 Å². The van der Waals surface area contributed by atoms with Crippen LogP contribution in [0.4, 0.5) is 0 Å². The first kappa shape index (κ1) is 44.3. The monoisotopic (exact) mass is 638 g/mol. The van der Waals surface area contributed by atoms with Gasteiger partial charge < -0.3 is 0 Å². The number of allylic oxidation sites excluding steroid dienone is 8. The van der Waals surface area contributed by atoms with E-state index in [1.807, 2.05) is 30.6 Å². The summed E-state index contributed by atoms with van der Waals surface area (Å²) >= 11 is 0. The Morgan fingerprint density at radius 3 is 1.15 bits per heavy atom. The highest BCUT2D eigenvalue weighted by atomic mass is 16.1. The minimum Gasteiger partial charge on any atom is -0.294 e. The maximum Gasteiger partial charge on any atom is 0.209 e. The molecule has 46 heavy (non-hydrogen) atoms. The van der Waals surface area contributed by atoms with Gasteiger partial charge in [-0.05, 0) is 25.3 Å². The Morgan fingerprint density at radius 1 is 0.435 bits per heavy atom. The minimum atomic E-state index is -0.611. The molecular formula is C44H77O2.